The summed E-state index contributed by atoms with van der Waals surface area (Å²) in [5, 5.41) is 23.5. The van der Waals surface area contributed by atoms with Gasteiger partial charge in [-0.25, -0.2) is 4.79 Å². The van der Waals surface area contributed by atoms with E-state index in [0.29, 0.717) is 0 Å². The van der Waals surface area contributed by atoms with Crippen LogP contribution < -0.4 is 11.1 Å². The van der Waals surface area contributed by atoms with Crippen LogP contribution in [0, 0.1) is 0 Å². The first-order chi connectivity index (χ1) is 15.4. The van der Waals surface area contributed by atoms with Crippen LogP contribution in [-0.4, -0.2) is 35.6 Å². The number of carbonyl (C=O) groups excluding carboxylic acids is 1. The molecule has 8 heteroatoms. The highest BCUT2D eigenvalue weighted by molar-refractivity contribution is 6.35. The van der Waals surface area contributed by atoms with Gasteiger partial charge in [0.25, 0.3) is 0 Å². The van der Waals surface area contributed by atoms with Gasteiger partial charge in [0.15, 0.2) is 0 Å². The molecule has 0 saturated carbocycles. The van der Waals surface area contributed by atoms with Crippen LogP contribution in [0.15, 0.2) is 60.7 Å². The number of rotatable bonds is 6. The molecule has 0 heterocycles. The molecule has 1 aliphatic carbocycles. The van der Waals surface area contributed by atoms with Crippen LogP contribution in [0.3, 0.4) is 0 Å². The molecule has 3 aromatic carbocycles. The average Bonchev–Trinajstić information content (AvgIpc) is 3.11. The van der Waals surface area contributed by atoms with Gasteiger partial charge in [0.05, 0.1) is 10.7 Å². The van der Waals surface area contributed by atoms with Crippen LogP contribution in [-0.2, 0) is 4.74 Å². The number of nitrogens with one attached hydrogen (secondary N) is 1. The highest BCUT2D eigenvalue weighted by Gasteiger charge is 2.29. The second kappa shape index (κ2) is 9.38. The molecular weight excluding hydrogens is 451 g/mol. The van der Waals surface area contributed by atoms with E-state index in [2.05, 4.69) is 17.4 Å². The van der Waals surface area contributed by atoms with E-state index in [1.54, 1.807) is 0 Å². The first-order valence-electron chi connectivity index (χ1n) is 10.1. The van der Waals surface area contributed by atoms with Gasteiger partial charge in [0.2, 0.25) is 0 Å². The molecule has 5 N–H and O–H groups in total. The number of carbonyl (C=O) groups is 1. The summed E-state index contributed by atoms with van der Waals surface area (Å²) < 4.78 is 5.43. The third kappa shape index (κ3) is 4.40. The number of halogens is 2. The lowest BCUT2D eigenvalue weighted by molar-refractivity contribution is 0.0186. The number of nitrogen functional groups attached to an aromatic ring is 1. The molecule has 2 unspecified atom stereocenters. The predicted octanol–water partition coefficient (Wildman–Crippen LogP) is 4.51. The molecule has 0 bridgehead atoms. The van der Waals surface area contributed by atoms with Crippen molar-refractivity contribution < 1.29 is 19.7 Å². The minimum Gasteiger partial charge on any atom is -0.449 e. The predicted molar refractivity (Wildman–Crippen MR) is 125 cm³/mol. The Hall–Kier alpha value is -2.77. The van der Waals surface area contributed by atoms with Crippen molar-refractivity contribution in [2.45, 2.75) is 18.1 Å². The fourth-order valence-electron chi connectivity index (χ4n) is 3.96. The summed E-state index contributed by atoms with van der Waals surface area (Å²) in [5.74, 6) is -0.0700. The molecule has 2 atom stereocenters. The minimum atomic E-state index is -1.37. The van der Waals surface area contributed by atoms with Crippen LogP contribution in [0.4, 0.5) is 10.5 Å². The third-order valence-corrected chi connectivity index (χ3v) is 6.25. The van der Waals surface area contributed by atoms with Gasteiger partial charge in [-0.05, 0) is 34.4 Å². The smallest absolute Gasteiger partial charge is 0.407 e. The molecule has 0 spiro atoms. The number of amides is 1. The Balaban J connectivity index is 1.35. The Kier molecular flexibility index (Phi) is 6.58. The normalized spacial score (nSPS) is 14.4. The number of ether oxygens (including phenoxy) is 1. The van der Waals surface area contributed by atoms with Gasteiger partial charge < -0.3 is 26.0 Å². The summed E-state index contributed by atoms with van der Waals surface area (Å²) in [5.41, 5.74) is 10.6. The number of hydrogen-bond donors (Lipinski definition) is 4. The maximum atomic E-state index is 12.3. The zero-order valence-electron chi connectivity index (χ0n) is 17.0. The fraction of sp³-hybridized carbons (Fsp3) is 0.208. The van der Waals surface area contributed by atoms with E-state index in [0.717, 1.165) is 22.3 Å². The Bertz CT molecular complexity index is 1110. The van der Waals surface area contributed by atoms with Crippen molar-refractivity contribution in [3.63, 3.8) is 0 Å². The van der Waals surface area contributed by atoms with E-state index in [9.17, 15) is 15.0 Å². The van der Waals surface area contributed by atoms with Gasteiger partial charge in [0.1, 0.15) is 18.8 Å². The average molecular weight is 473 g/mol. The summed E-state index contributed by atoms with van der Waals surface area (Å²) in [6.45, 7) is -0.0892. The van der Waals surface area contributed by atoms with E-state index in [-0.39, 0.29) is 40.4 Å². The van der Waals surface area contributed by atoms with Crippen LogP contribution >= 0.6 is 23.2 Å². The van der Waals surface area contributed by atoms with Crippen molar-refractivity contribution in [2.75, 3.05) is 18.9 Å². The quantitative estimate of drug-likeness (QED) is 0.395. The lowest BCUT2D eigenvalue weighted by atomic mass is 9.98. The first kappa shape index (κ1) is 22.4. The second-order valence-corrected chi connectivity index (χ2v) is 8.43. The van der Waals surface area contributed by atoms with Crippen molar-refractivity contribution in [2.24, 2.45) is 0 Å². The number of benzene rings is 3. The molecule has 1 amide bonds. The molecule has 0 saturated heterocycles. The number of aliphatic hydroxyl groups is 2. The molecule has 32 heavy (non-hydrogen) atoms. The molecule has 6 nitrogen and oxygen atoms in total. The van der Waals surface area contributed by atoms with E-state index in [1.165, 1.54) is 12.1 Å². The largest absolute Gasteiger partial charge is 0.449 e. The monoisotopic (exact) mass is 472 g/mol. The van der Waals surface area contributed by atoms with E-state index >= 15 is 0 Å². The number of fused-ring (bicyclic) bond motifs is 3. The molecule has 0 fully saturated rings. The number of aliphatic hydroxyl groups excluding tert-OH is 2. The number of alkyl carbamates (subject to hydrolysis) is 1. The van der Waals surface area contributed by atoms with Crippen LogP contribution in [0.5, 0.6) is 0 Å². The van der Waals surface area contributed by atoms with Gasteiger partial charge in [-0.3, -0.25) is 0 Å². The van der Waals surface area contributed by atoms with Crippen molar-refractivity contribution in [3.05, 3.63) is 87.4 Å². The van der Waals surface area contributed by atoms with E-state index in [1.807, 2.05) is 36.4 Å². The number of nitrogens with two attached hydrogens (primary N) is 1. The Morgan fingerprint density at radius 1 is 1.00 bits per heavy atom. The van der Waals surface area contributed by atoms with Gasteiger partial charge >= 0.3 is 6.09 Å². The van der Waals surface area contributed by atoms with Crippen molar-refractivity contribution >= 4 is 35.0 Å². The second-order valence-electron chi connectivity index (χ2n) is 7.61. The van der Waals surface area contributed by atoms with Gasteiger partial charge in [0, 0.05) is 23.0 Å². The topological polar surface area (TPSA) is 105 Å². The number of anilines is 1. The van der Waals surface area contributed by atoms with Gasteiger partial charge in [-0.15, -0.1) is 0 Å². The standard InChI is InChI=1S/C24H22Cl2N2O4/c25-19-10-21(27)20(26)9-17(19)23(30)22(29)11-28-24(31)32-12-18-15-7-3-1-5-13(15)14-6-2-4-8-16(14)18/h1-10,18,22-23,29-30H,11-12,27H2,(H,28,31). The zero-order chi connectivity index (χ0) is 22.8. The SMILES string of the molecule is Nc1cc(Cl)c(C(O)C(O)CNC(=O)OCC2c3ccccc3-c3ccccc32)cc1Cl. The molecule has 1 aliphatic rings. The van der Waals surface area contributed by atoms with Crippen molar-refractivity contribution in [1.29, 1.82) is 0 Å². The summed E-state index contributed by atoms with van der Waals surface area (Å²) in [6.07, 6.45) is -3.39. The summed E-state index contributed by atoms with van der Waals surface area (Å²) >= 11 is 12.1. The minimum absolute atomic E-state index is 0.0700. The molecule has 166 valence electrons. The third-order valence-electron chi connectivity index (χ3n) is 5.60. The molecular formula is C24H22Cl2N2O4. The Morgan fingerprint density at radius 2 is 1.59 bits per heavy atom. The van der Waals surface area contributed by atoms with Crippen molar-refractivity contribution in [1.82, 2.24) is 5.32 Å². The fourth-order valence-corrected chi connectivity index (χ4v) is 4.42. The highest BCUT2D eigenvalue weighted by Crippen LogP contribution is 2.44. The Labute approximate surface area is 195 Å². The van der Waals surface area contributed by atoms with Gasteiger partial charge in [-0.1, -0.05) is 71.7 Å². The molecule has 0 aliphatic heterocycles. The molecule has 0 radical (unpaired) electrons. The Morgan fingerprint density at radius 3 is 2.22 bits per heavy atom. The van der Waals surface area contributed by atoms with Crippen LogP contribution in [0.25, 0.3) is 11.1 Å². The summed E-state index contributed by atoms with van der Waals surface area (Å²) in [6, 6.07) is 18.9. The highest BCUT2D eigenvalue weighted by atomic mass is 35.5. The first-order valence-corrected chi connectivity index (χ1v) is 10.8. The van der Waals surface area contributed by atoms with Crippen molar-refractivity contribution in [3.8, 4) is 11.1 Å². The van der Waals surface area contributed by atoms with E-state index in [4.69, 9.17) is 33.7 Å². The van der Waals surface area contributed by atoms with E-state index < -0.39 is 18.3 Å². The maximum Gasteiger partial charge on any atom is 0.407 e. The van der Waals surface area contributed by atoms with Gasteiger partial charge in [-0.2, -0.15) is 0 Å². The summed E-state index contributed by atoms with van der Waals surface area (Å²) in [4.78, 5) is 12.3. The molecule has 3 aromatic rings. The van der Waals surface area contributed by atoms with Crippen LogP contribution in [0.2, 0.25) is 10.0 Å². The lowest BCUT2D eigenvalue weighted by Crippen LogP contribution is -2.36. The summed E-state index contributed by atoms with van der Waals surface area (Å²) in [7, 11) is 0. The lowest BCUT2D eigenvalue weighted by Gasteiger charge is -2.20. The maximum absolute atomic E-state index is 12.3. The molecule has 0 aromatic heterocycles. The number of hydrogen-bond acceptors (Lipinski definition) is 5. The molecule has 4 rings (SSSR count). The zero-order valence-corrected chi connectivity index (χ0v) is 18.5. The van der Waals surface area contributed by atoms with Crippen LogP contribution in [0.1, 0.15) is 28.7 Å².